The predicted octanol–water partition coefficient (Wildman–Crippen LogP) is 2.56. The number of nitrogens with zero attached hydrogens (tertiary/aromatic N) is 3. The van der Waals surface area contributed by atoms with E-state index in [1.54, 1.807) is 13.4 Å². The van der Waals surface area contributed by atoms with Gasteiger partial charge in [-0.1, -0.05) is 24.9 Å². The summed E-state index contributed by atoms with van der Waals surface area (Å²) in [5, 5.41) is 0.594. The zero-order chi connectivity index (χ0) is 13.0. The van der Waals surface area contributed by atoms with Crippen molar-refractivity contribution in [3.63, 3.8) is 0 Å². The molecule has 0 aliphatic carbocycles. The summed E-state index contributed by atoms with van der Waals surface area (Å²) in [6.07, 6.45) is 4.69. The molecule has 5 heteroatoms. The van der Waals surface area contributed by atoms with Crippen LogP contribution >= 0.6 is 11.6 Å². The molecule has 1 aromatic rings. The third-order valence-electron chi connectivity index (χ3n) is 3.36. The van der Waals surface area contributed by atoms with Crippen LogP contribution in [0.5, 0.6) is 0 Å². The van der Waals surface area contributed by atoms with Gasteiger partial charge in [0.15, 0.2) is 0 Å². The van der Waals surface area contributed by atoms with Gasteiger partial charge in [0.1, 0.15) is 17.3 Å². The number of anilines is 1. The van der Waals surface area contributed by atoms with Gasteiger partial charge in [-0.3, -0.25) is 0 Å². The van der Waals surface area contributed by atoms with E-state index in [-0.39, 0.29) is 0 Å². The van der Waals surface area contributed by atoms with E-state index in [2.05, 4.69) is 21.8 Å². The summed E-state index contributed by atoms with van der Waals surface area (Å²) in [5.74, 6) is 1.61. The van der Waals surface area contributed by atoms with Crippen molar-refractivity contribution in [1.29, 1.82) is 0 Å². The minimum absolute atomic E-state index is 0.594. The van der Waals surface area contributed by atoms with Gasteiger partial charge in [-0.2, -0.15) is 0 Å². The topological polar surface area (TPSA) is 38.2 Å². The number of halogens is 1. The van der Waals surface area contributed by atoms with Crippen molar-refractivity contribution in [3.8, 4) is 0 Å². The number of aromatic nitrogens is 2. The van der Waals surface area contributed by atoms with Crippen molar-refractivity contribution < 1.29 is 4.74 Å². The maximum atomic E-state index is 6.18. The predicted molar refractivity (Wildman–Crippen MR) is 73.2 cm³/mol. The number of ether oxygens (including phenoxy) is 1. The summed E-state index contributed by atoms with van der Waals surface area (Å²) in [6, 6.07) is 0. The largest absolute Gasteiger partial charge is 0.384 e. The molecule has 1 aliphatic rings. The molecule has 1 fully saturated rings. The summed E-state index contributed by atoms with van der Waals surface area (Å²) in [6.45, 7) is 4.99. The minimum Gasteiger partial charge on any atom is -0.384 e. The summed E-state index contributed by atoms with van der Waals surface area (Å²) in [4.78, 5) is 10.8. The lowest BCUT2D eigenvalue weighted by Gasteiger charge is -2.20. The van der Waals surface area contributed by atoms with Crippen LogP contribution in [0.2, 0.25) is 5.15 Å². The standard InChI is InChI=1S/C13H20ClN3O/c1-3-4-11-12(14)15-9-16-13(11)17-6-5-10(7-17)8-18-2/h9-10H,3-8H2,1-2H3. The third kappa shape index (κ3) is 2.93. The van der Waals surface area contributed by atoms with E-state index < -0.39 is 0 Å². The van der Waals surface area contributed by atoms with E-state index in [9.17, 15) is 0 Å². The molecule has 1 aromatic heterocycles. The molecule has 1 unspecified atom stereocenters. The molecule has 0 N–H and O–H groups in total. The smallest absolute Gasteiger partial charge is 0.137 e. The molecule has 1 atom stereocenters. The van der Waals surface area contributed by atoms with Crippen molar-refractivity contribution in [2.45, 2.75) is 26.2 Å². The number of methoxy groups -OCH3 is 1. The Hall–Kier alpha value is -0.870. The lowest BCUT2D eigenvalue weighted by Crippen LogP contribution is -2.23. The quantitative estimate of drug-likeness (QED) is 0.770. The van der Waals surface area contributed by atoms with Gasteiger partial charge in [0.25, 0.3) is 0 Å². The average Bonchev–Trinajstić information content (AvgIpc) is 2.81. The molecule has 1 aliphatic heterocycles. The maximum absolute atomic E-state index is 6.18. The van der Waals surface area contributed by atoms with Gasteiger partial charge >= 0.3 is 0 Å². The SMILES string of the molecule is CCCc1c(Cl)ncnc1N1CCC(COC)C1. The highest BCUT2D eigenvalue weighted by atomic mass is 35.5. The van der Waals surface area contributed by atoms with Gasteiger partial charge in [-0.05, 0) is 12.8 Å². The Morgan fingerprint density at radius 2 is 2.33 bits per heavy atom. The number of hydrogen-bond donors (Lipinski definition) is 0. The van der Waals surface area contributed by atoms with E-state index in [1.807, 2.05) is 0 Å². The third-order valence-corrected chi connectivity index (χ3v) is 3.68. The van der Waals surface area contributed by atoms with Gasteiger partial charge < -0.3 is 9.64 Å². The summed E-state index contributed by atoms with van der Waals surface area (Å²) in [5.41, 5.74) is 1.08. The second kappa shape index (κ2) is 6.34. The zero-order valence-corrected chi connectivity index (χ0v) is 11.8. The molecule has 0 saturated carbocycles. The highest BCUT2D eigenvalue weighted by molar-refractivity contribution is 6.30. The zero-order valence-electron chi connectivity index (χ0n) is 11.0. The molecule has 0 radical (unpaired) electrons. The second-order valence-corrected chi connectivity index (χ2v) is 5.13. The molecule has 0 aromatic carbocycles. The molecule has 0 spiro atoms. The van der Waals surface area contributed by atoms with Gasteiger partial charge in [0, 0.05) is 31.7 Å². The van der Waals surface area contributed by atoms with Crippen molar-refractivity contribution in [2.75, 3.05) is 31.7 Å². The van der Waals surface area contributed by atoms with E-state index in [0.717, 1.165) is 50.3 Å². The first-order chi connectivity index (χ1) is 8.76. The first-order valence-electron chi connectivity index (χ1n) is 6.49. The minimum atomic E-state index is 0.594. The van der Waals surface area contributed by atoms with Crippen molar-refractivity contribution in [2.24, 2.45) is 5.92 Å². The Bertz CT molecular complexity index is 400. The van der Waals surface area contributed by atoms with Gasteiger partial charge in [0.2, 0.25) is 0 Å². The fourth-order valence-electron chi connectivity index (χ4n) is 2.52. The van der Waals surface area contributed by atoms with Crippen molar-refractivity contribution >= 4 is 17.4 Å². The Balaban J connectivity index is 2.16. The summed E-state index contributed by atoms with van der Waals surface area (Å²) < 4.78 is 5.23. The molecule has 100 valence electrons. The van der Waals surface area contributed by atoms with Crippen LogP contribution in [0.1, 0.15) is 25.3 Å². The molecular weight excluding hydrogens is 250 g/mol. The fourth-order valence-corrected chi connectivity index (χ4v) is 2.74. The Kier molecular flexibility index (Phi) is 4.78. The Morgan fingerprint density at radius 3 is 3.06 bits per heavy atom. The summed E-state index contributed by atoms with van der Waals surface area (Å²) >= 11 is 6.18. The van der Waals surface area contributed by atoms with Crippen LogP contribution in [0.25, 0.3) is 0 Å². The summed E-state index contributed by atoms with van der Waals surface area (Å²) in [7, 11) is 1.76. The van der Waals surface area contributed by atoms with E-state index in [4.69, 9.17) is 16.3 Å². The number of rotatable bonds is 5. The highest BCUT2D eigenvalue weighted by Gasteiger charge is 2.25. The lowest BCUT2D eigenvalue weighted by atomic mass is 10.1. The van der Waals surface area contributed by atoms with Crippen molar-refractivity contribution in [3.05, 3.63) is 17.0 Å². The van der Waals surface area contributed by atoms with Crippen LogP contribution in [0, 0.1) is 5.92 Å². The highest BCUT2D eigenvalue weighted by Crippen LogP contribution is 2.29. The molecule has 0 amide bonds. The molecule has 4 nitrogen and oxygen atoms in total. The van der Waals surface area contributed by atoms with Gasteiger partial charge in [-0.15, -0.1) is 0 Å². The van der Waals surface area contributed by atoms with Crippen LogP contribution in [0.15, 0.2) is 6.33 Å². The molecular formula is C13H20ClN3O. The van der Waals surface area contributed by atoms with Crippen LogP contribution in [0.3, 0.4) is 0 Å². The molecule has 18 heavy (non-hydrogen) atoms. The molecule has 1 saturated heterocycles. The van der Waals surface area contributed by atoms with Crippen LogP contribution in [-0.4, -0.2) is 36.8 Å². The molecule has 0 bridgehead atoms. The lowest BCUT2D eigenvalue weighted by molar-refractivity contribution is 0.161. The molecule has 2 rings (SSSR count). The van der Waals surface area contributed by atoms with Crippen LogP contribution in [-0.2, 0) is 11.2 Å². The van der Waals surface area contributed by atoms with E-state index >= 15 is 0 Å². The van der Waals surface area contributed by atoms with Gasteiger partial charge in [0.05, 0.1) is 6.61 Å². The normalized spacial score (nSPS) is 19.5. The van der Waals surface area contributed by atoms with E-state index in [1.165, 1.54) is 0 Å². The first kappa shape index (κ1) is 13.6. The van der Waals surface area contributed by atoms with Crippen LogP contribution < -0.4 is 4.90 Å². The van der Waals surface area contributed by atoms with Gasteiger partial charge in [-0.25, -0.2) is 9.97 Å². The fraction of sp³-hybridized carbons (Fsp3) is 0.692. The average molecular weight is 270 g/mol. The van der Waals surface area contributed by atoms with Crippen LogP contribution in [0.4, 0.5) is 5.82 Å². The van der Waals surface area contributed by atoms with E-state index in [0.29, 0.717) is 11.1 Å². The second-order valence-electron chi connectivity index (χ2n) is 4.77. The monoisotopic (exact) mass is 269 g/mol. The number of hydrogen-bond acceptors (Lipinski definition) is 4. The maximum Gasteiger partial charge on any atom is 0.137 e. The Labute approximate surface area is 113 Å². The molecule has 2 heterocycles. The van der Waals surface area contributed by atoms with Crippen molar-refractivity contribution in [1.82, 2.24) is 9.97 Å². The Morgan fingerprint density at radius 1 is 1.50 bits per heavy atom. The first-order valence-corrected chi connectivity index (χ1v) is 6.87.